The van der Waals surface area contributed by atoms with Gasteiger partial charge in [-0.3, -0.25) is 0 Å². The first kappa shape index (κ1) is 14.0. The highest BCUT2D eigenvalue weighted by molar-refractivity contribution is 4.88. The van der Waals surface area contributed by atoms with Crippen molar-refractivity contribution in [3.63, 3.8) is 0 Å². The van der Waals surface area contributed by atoms with E-state index in [-0.39, 0.29) is 0 Å². The van der Waals surface area contributed by atoms with Crippen LogP contribution in [-0.2, 0) is 0 Å². The average Bonchev–Trinajstić information content (AvgIpc) is 2.05. The second kappa shape index (κ2) is 5.78. The Morgan fingerprint density at radius 1 is 0.857 bits per heavy atom. The van der Waals surface area contributed by atoms with Gasteiger partial charge in [-0.2, -0.15) is 0 Å². The van der Waals surface area contributed by atoms with E-state index in [1.54, 1.807) is 0 Å². The van der Waals surface area contributed by atoms with Gasteiger partial charge < -0.3 is 0 Å². The minimum Gasteiger partial charge on any atom is -0.0654 e. The van der Waals surface area contributed by atoms with E-state index in [1.807, 2.05) is 0 Å². The largest absolute Gasteiger partial charge is 0.0654 e. The van der Waals surface area contributed by atoms with Crippen LogP contribution in [0, 0.1) is 23.2 Å². The molecule has 0 aromatic carbocycles. The lowest BCUT2D eigenvalue weighted by Gasteiger charge is -2.46. The SMILES string of the molecule is CCCC(C)C(CC)(C(C)C)C(C)C. The zero-order valence-corrected chi connectivity index (χ0v) is 11.4. The summed E-state index contributed by atoms with van der Waals surface area (Å²) in [5, 5.41) is 0. The third-order valence-electron chi connectivity index (χ3n) is 4.40. The molecule has 0 aliphatic carbocycles. The maximum absolute atomic E-state index is 2.45. The molecular formula is C14H30. The van der Waals surface area contributed by atoms with Crippen molar-refractivity contribution in [2.75, 3.05) is 0 Å². The van der Waals surface area contributed by atoms with Gasteiger partial charge in [0, 0.05) is 0 Å². The third-order valence-corrected chi connectivity index (χ3v) is 4.40. The summed E-state index contributed by atoms with van der Waals surface area (Å²) in [5.74, 6) is 2.46. The second-order valence-corrected chi connectivity index (χ2v) is 5.47. The lowest BCUT2D eigenvalue weighted by atomic mass is 9.59. The van der Waals surface area contributed by atoms with Gasteiger partial charge in [0.25, 0.3) is 0 Å². The molecule has 0 aliphatic rings. The fourth-order valence-electron chi connectivity index (χ4n) is 3.67. The Labute approximate surface area is 91.5 Å². The van der Waals surface area contributed by atoms with Crippen LogP contribution in [0.1, 0.15) is 67.7 Å². The van der Waals surface area contributed by atoms with Gasteiger partial charge in [0.05, 0.1) is 0 Å². The van der Waals surface area contributed by atoms with Gasteiger partial charge in [-0.05, 0) is 29.6 Å². The molecule has 1 atom stereocenters. The van der Waals surface area contributed by atoms with Gasteiger partial charge in [0.1, 0.15) is 0 Å². The molecule has 0 rings (SSSR count). The average molecular weight is 198 g/mol. The first-order chi connectivity index (χ1) is 6.43. The van der Waals surface area contributed by atoms with Crippen molar-refractivity contribution in [3.8, 4) is 0 Å². The summed E-state index contributed by atoms with van der Waals surface area (Å²) in [5.41, 5.74) is 0.552. The van der Waals surface area contributed by atoms with Crippen molar-refractivity contribution in [2.24, 2.45) is 23.2 Å². The molecule has 0 aromatic rings. The zero-order chi connectivity index (χ0) is 11.4. The monoisotopic (exact) mass is 198 g/mol. The molecule has 0 N–H and O–H groups in total. The van der Waals surface area contributed by atoms with Crippen LogP contribution in [0.2, 0.25) is 0 Å². The quantitative estimate of drug-likeness (QED) is 0.555. The Hall–Kier alpha value is 0. The molecule has 0 spiro atoms. The predicted molar refractivity (Wildman–Crippen MR) is 66.5 cm³/mol. The maximum Gasteiger partial charge on any atom is -0.0228 e. The van der Waals surface area contributed by atoms with Crippen LogP contribution in [0.3, 0.4) is 0 Å². The Bertz CT molecular complexity index is 136. The first-order valence-electron chi connectivity index (χ1n) is 6.43. The Morgan fingerprint density at radius 2 is 1.29 bits per heavy atom. The molecule has 14 heavy (non-hydrogen) atoms. The lowest BCUT2D eigenvalue weighted by Crippen LogP contribution is -2.38. The lowest BCUT2D eigenvalue weighted by molar-refractivity contribution is 0.0303. The maximum atomic E-state index is 2.45. The molecule has 0 nitrogen and oxygen atoms in total. The van der Waals surface area contributed by atoms with Crippen LogP contribution in [0.5, 0.6) is 0 Å². The molecule has 0 radical (unpaired) electrons. The zero-order valence-electron chi connectivity index (χ0n) is 11.4. The smallest absolute Gasteiger partial charge is 0.0228 e. The molecule has 1 unspecified atom stereocenters. The van der Waals surface area contributed by atoms with Crippen molar-refractivity contribution < 1.29 is 0 Å². The molecule has 0 heterocycles. The van der Waals surface area contributed by atoms with Gasteiger partial charge in [0.2, 0.25) is 0 Å². The molecule has 86 valence electrons. The van der Waals surface area contributed by atoms with Crippen LogP contribution < -0.4 is 0 Å². The molecule has 0 aliphatic heterocycles. The number of rotatable bonds is 6. The third kappa shape index (κ3) is 2.52. The summed E-state index contributed by atoms with van der Waals surface area (Å²) < 4.78 is 0. The van der Waals surface area contributed by atoms with E-state index in [4.69, 9.17) is 0 Å². The Morgan fingerprint density at radius 3 is 1.50 bits per heavy atom. The van der Waals surface area contributed by atoms with Crippen molar-refractivity contribution >= 4 is 0 Å². The predicted octanol–water partition coefficient (Wildman–Crippen LogP) is 5.13. The second-order valence-electron chi connectivity index (χ2n) is 5.47. The normalized spacial score (nSPS) is 15.2. The van der Waals surface area contributed by atoms with Crippen LogP contribution in [0.25, 0.3) is 0 Å². The van der Waals surface area contributed by atoms with E-state index >= 15 is 0 Å². The fraction of sp³-hybridized carbons (Fsp3) is 1.00. The van der Waals surface area contributed by atoms with E-state index in [0.717, 1.165) is 17.8 Å². The van der Waals surface area contributed by atoms with Crippen molar-refractivity contribution in [3.05, 3.63) is 0 Å². The van der Waals surface area contributed by atoms with Gasteiger partial charge in [-0.15, -0.1) is 0 Å². The minimum absolute atomic E-state index is 0.552. The molecular weight excluding hydrogens is 168 g/mol. The molecule has 0 saturated heterocycles. The fourth-order valence-corrected chi connectivity index (χ4v) is 3.67. The molecule has 0 bridgehead atoms. The van der Waals surface area contributed by atoms with Crippen molar-refractivity contribution in [1.29, 1.82) is 0 Å². The van der Waals surface area contributed by atoms with E-state index in [9.17, 15) is 0 Å². The number of hydrogen-bond acceptors (Lipinski definition) is 0. The summed E-state index contributed by atoms with van der Waals surface area (Å²) in [7, 11) is 0. The van der Waals surface area contributed by atoms with E-state index in [2.05, 4.69) is 48.5 Å². The molecule has 0 heteroatoms. The van der Waals surface area contributed by atoms with Crippen molar-refractivity contribution in [2.45, 2.75) is 67.7 Å². The minimum atomic E-state index is 0.552. The molecule has 0 fully saturated rings. The van der Waals surface area contributed by atoms with Crippen LogP contribution >= 0.6 is 0 Å². The molecule has 0 amide bonds. The molecule has 0 aromatic heterocycles. The van der Waals surface area contributed by atoms with Crippen LogP contribution in [0.15, 0.2) is 0 Å². The van der Waals surface area contributed by atoms with E-state index in [0.29, 0.717) is 5.41 Å². The van der Waals surface area contributed by atoms with Crippen LogP contribution in [-0.4, -0.2) is 0 Å². The summed E-state index contributed by atoms with van der Waals surface area (Å²) in [6, 6.07) is 0. The summed E-state index contributed by atoms with van der Waals surface area (Å²) in [6.45, 7) is 16.7. The van der Waals surface area contributed by atoms with Crippen molar-refractivity contribution in [1.82, 2.24) is 0 Å². The van der Waals surface area contributed by atoms with Gasteiger partial charge >= 0.3 is 0 Å². The van der Waals surface area contributed by atoms with E-state index in [1.165, 1.54) is 19.3 Å². The Balaban J connectivity index is 4.83. The topological polar surface area (TPSA) is 0 Å². The molecule has 0 saturated carbocycles. The first-order valence-corrected chi connectivity index (χ1v) is 6.43. The number of hydrogen-bond donors (Lipinski definition) is 0. The Kier molecular flexibility index (Phi) is 5.78. The van der Waals surface area contributed by atoms with Gasteiger partial charge in [-0.1, -0.05) is 61.3 Å². The van der Waals surface area contributed by atoms with E-state index < -0.39 is 0 Å². The van der Waals surface area contributed by atoms with Crippen LogP contribution in [0.4, 0.5) is 0 Å². The summed E-state index contributed by atoms with van der Waals surface area (Å²) in [6.07, 6.45) is 4.02. The highest BCUT2D eigenvalue weighted by Crippen LogP contribution is 2.47. The standard InChI is InChI=1S/C14H30/c1-8-10-13(7)14(9-2,11(3)4)12(5)6/h11-13H,8-10H2,1-7H3. The highest BCUT2D eigenvalue weighted by Gasteiger charge is 2.39. The van der Waals surface area contributed by atoms with Gasteiger partial charge in [-0.25, -0.2) is 0 Å². The highest BCUT2D eigenvalue weighted by atomic mass is 14.4. The summed E-state index contributed by atoms with van der Waals surface area (Å²) >= 11 is 0. The summed E-state index contributed by atoms with van der Waals surface area (Å²) in [4.78, 5) is 0. The van der Waals surface area contributed by atoms with Gasteiger partial charge in [0.15, 0.2) is 0 Å².